The Kier molecular flexibility index (Phi) is 4.94. The first-order valence-electron chi connectivity index (χ1n) is 7.17. The van der Waals surface area contributed by atoms with Crippen LogP contribution in [-0.4, -0.2) is 18.2 Å². The highest BCUT2D eigenvalue weighted by atomic mass is 16.2. The van der Waals surface area contributed by atoms with Crippen LogP contribution in [0.4, 0.5) is 11.4 Å². The molecular weight excluding hydrogens is 276 g/mol. The summed E-state index contributed by atoms with van der Waals surface area (Å²) in [5.41, 5.74) is 4.60. The molecule has 0 aromatic heterocycles. The second kappa shape index (κ2) is 6.89. The van der Waals surface area contributed by atoms with E-state index in [-0.39, 0.29) is 18.2 Å². The summed E-state index contributed by atoms with van der Waals surface area (Å²) in [4.78, 5) is 23.1. The van der Waals surface area contributed by atoms with Gasteiger partial charge < -0.3 is 10.6 Å². The first-order chi connectivity index (χ1) is 10.5. The zero-order chi connectivity index (χ0) is 16.1. The Morgan fingerprint density at radius 2 is 1.55 bits per heavy atom. The highest BCUT2D eigenvalue weighted by molar-refractivity contribution is 5.95. The molecule has 2 rings (SSSR count). The second-order valence-corrected chi connectivity index (χ2v) is 5.33. The van der Waals surface area contributed by atoms with E-state index >= 15 is 0 Å². The van der Waals surface area contributed by atoms with Gasteiger partial charge in [-0.2, -0.15) is 0 Å². The average Bonchev–Trinajstić information content (AvgIpc) is 2.49. The van der Waals surface area contributed by atoms with Crippen molar-refractivity contribution in [3.8, 4) is 0 Å². The van der Waals surface area contributed by atoms with Crippen LogP contribution < -0.4 is 10.6 Å². The van der Waals surface area contributed by atoms with E-state index in [2.05, 4.69) is 10.6 Å². The lowest BCUT2D eigenvalue weighted by Crippen LogP contribution is -2.21. The number of rotatable bonds is 5. The van der Waals surface area contributed by atoms with Crippen molar-refractivity contribution in [3.05, 3.63) is 59.2 Å². The van der Waals surface area contributed by atoms with E-state index in [0.717, 1.165) is 16.9 Å². The van der Waals surface area contributed by atoms with Crippen LogP contribution >= 0.6 is 0 Å². The van der Waals surface area contributed by atoms with Crippen LogP contribution in [0.3, 0.4) is 0 Å². The molecule has 0 radical (unpaired) electrons. The van der Waals surface area contributed by atoms with E-state index in [1.54, 1.807) is 24.3 Å². The Morgan fingerprint density at radius 1 is 0.909 bits per heavy atom. The van der Waals surface area contributed by atoms with Gasteiger partial charge in [0.1, 0.15) is 0 Å². The standard InChI is InChI=1S/C18H20N2O2/c1-12-4-7-17(10-13(12)2)20-18(22)11-19-16-8-5-15(6-9-16)14(3)21/h4-10,19H,11H2,1-3H3,(H,20,22). The Labute approximate surface area is 130 Å². The van der Waals surface area contributed by atoms with Gasteiger partial charge >= 0.3 is 0 Å². The van der Waals surface area contributed by atoms with Gasteiger partial charge in [-0.05, 0) is 68.3 Å². The molecule has 114 valence electrons. The van der Waals surface area contributed by atoms with Crippen LogP contribution in [0.25, 0.3) is 0 Å². The minimum absolute atomic E-state index is 0.0269. The molecule has 4 nitrogen and oxygen atoms in total. The van der Waals surface area contributed by atoms with Crippen LogP contribution in [0, 0.1) is 13.8 Å². The van der Waals surface area contributed by atoms with Crippen LogP contribution in [0.15, 0.2) is 42.5 Å². The first-order valence-corrected chi connectivity index (χ1v) is 7.17. The molecule has 0 spiro atoms. The van der Waals surface area contributed by atoms with Crippen LogP contribution in [0.5, 0.6) is 0 Å². The Bertz CT molecular complexity index is 691. The molecule has 0 saturated carbocycles. The Balaban J connectivity index is 1.89. The number of aryl methyl sites for hydroxylation is 2. The number of hydrogen-bond donors (Lipinski definition) is 2. The van der Waals surface area contributed by atoms with Crippen LogP contribution in [-0.2, 0) is 4.79 Å². The normalized spacial score (nSPS) is 10.1. The van der Waals surface area contributed by atoms with Gasteiger partial charge in [-0.3, -0.25) is 9.59 Å². The predicted molar refractivity (Wildman–Crippen MR) is 89.5 cm³/mol. The predicted octanol–water partition coefficient (Wildman–Crippen LogP) is 3.56. The Morgan fingerprint density at radius 3 is 2.14 bits per heavy atom. The number of nitrogens with one attached hydrogen (secondary N) is 2. The number of Topliss-reactive ketones (excluding diaryl/α,β-unsaturated/α-hetero) is 1. The third-order valence-electron chi connectivity index (χ3n) is 3.54. The van der Waals surface area contributed by atoms with Crippen molar-refractivity contribution in [3.63, 3.8) is 0 Å². The average molecular weight is 296 g/mol. The summed E-state index contributed by atoms with van der Waals surface area (Å²) < 4.78 is 0. The number of anilines is 2. The van der Waals surface area contributed by atoms with E-state index in [9.17, 15) is 9.59 Å². The lowest BCUT2D eigenvalue weighted by molar-refractivity contribution is -0.114. The van der Waals surface area contributed by atoms with Crippen molar-refractivity contribution in [2.75, 3.05) is 17.2 Å². The van der Waals surface area contributed by atoms with Crippen molar-refractivity contribution in [1.29, 1.82) is 0 Å². The quantitative estimate of drug-likeness (QED) is 0.829. The van der Waals surface area contributed by atoms with Gasteiger partial charge in [-0.25, -0.2) is 0 Å². The molecule has 2 aromatic rings. The third kappa shape index (κ3) is 4.19. The monoisotopic (exact) mass is 296 g/mol. The van der Waals surface area contributed by atoms with E-state index in [1.807, 2.05) is 32.0 Å². The molecule has 0 unspecified atom stereocenters. The Hall–Kier alpha value is -2.62. The van der Waals surface area contributed by atoms with Crippen molar-refractivity contribution in [2.24, 2.45) is 0 Å². The maximum atomic E-state index is 11.9. The third-order valence-corrected chi connectivity index (χ3v) is 3.54. The zero-order valence-corrected chi connectivity index (χ0v) is 13.1. The molecule has 1 amide bonds. The van der Waals surface area contributed by atoms with Gasteiger partial charge in [0.2, 0.25) is 5.91 Å². The number of amides is 1. The van der Waals surface area contributed by atoms with E-state index in [0.29, 0.717) is 5.56 Å². The highest BCUT2D eigenvalue weighted by Crippen LogP contribution is 2.14. The zero-order valence-electron chi connectivity index (χ0n) is 13.1. The molecule has 0 atom stereocenters. The van der Waals surface area contributed by atoms with Gasteiger partial charge in [0.05, 0.1) is 6.54 Å². The molecule has 0 aliphatic heterocycles. The molecule has 0 saturated heterocycles. The van der Waals surface area contributed by atoms with Crippen LogP contribution in [0.1, 0.15) is 28.4 Å². The van der Waals surface area contributed by atoms with Gasteiger partial charge in [0.15, 0.2) is 5.78 Å². The summed E-state index contributed by atoms with van der Waals surface area (Å²) in [6.45, 7) is 5.75. The lowest BCUT2D eigenvalue weighted by atomic mass is 10.1. The van der Waals surface area contributed by atoms with Crippen molar-refractivity contribution in [1.82, 2.24) is 0 Å². The summed E-state index contributed by atoms with van der Waals surface area (Å²) in [7, 11) is 0. The number of carbonyl (C=O) groups excluding carboxylic acids is 2. The molecular formula is C18H20N2O2. The van der Waals surface area contributed by atoms with Crippen molar-refractivity contribution in [2.45, 2.75) is 20.8 Å². The fraction of sp³-hybridized carbons (Fsp3) is 0.222. The molecule has 0 aliphatic rings. The molecule has 2 aromatic carbocycles. The minimum atomic E-state index is -0.112. The lowest BCUT2D eigenvalue weighted by Gasteiger charge is -2.09. The molecule has 0 heterocycles. The van der Waals surface area contributed by atoms with Gasteiger partial charge in [-0.1, -0.05) is 6.07 Å². The summed E-state index contributed by atoms with van der Waals surface area (Å²) in [5, 5.41) is 5.89. The second-order valence-electron chi connectivity index (χ2n) is 5.33. The van der Waals surface area contributed by atoms with Crippen molar-refractivity contribution < 1.29 is 9.59 Å². The van der Waals surface area contributed by atoms with Crippen molar-refractivity contribution >= 4 is 23.1 Å². The molecule has 0 bridgehead atoms. The molecule has 22 heavy (non-hydrogen) atoms. The summed E-state index contributed by atoms with van der Waals surface area (Å²) in [6, 6.07) is 12.9. The summed E-state index contributed by atoms with van der Waals surface area (Å²) in [6.07, 6.45) is 0. The minimum Gasteiger partial charge on any atom is -0.376 e. The summed E-state index contributed by atoms with van der Waals surface area (Å²) in [5.74, 6) is -0.0852. The highest BCUT2D eigenvalue weighted by Gasteiger charge is 2.04. The number of carbonyl (C=O) groups is 2. The maximum Gasteiger partial charge on any atom is 0.243 e. The van der Waals surface area contributed by atoms with Gasteiger partial charge in [-0.15, -0.1) is 0 Å². The first kappa shape index (κ1) is 15.8. The largest absolute Gasteiger partial charge is 0.376 e. The van der Waals surface area contributed by atoms with E-state index in [4.69, 9.17) is 0 Å². The molecule has 4 heteroatoms. The fourth-order valence-corrected chi connectivity index (χ4v) is 2.03. The fourth-order valence-electron chi connectivity index (χ4n) is 2.03. The van der Waals surface area contributed by atoms with Crippen LogP contribution in [0.2, 0.25) is 0 Å². The van der Waals surface area contributed by atoms with E-state index < -0.39 is 0 Å². The number of ketones is 1. The number of benzene rings is 2. The molecule has 2 N–H and O–H groups in total. The topological polar surface area (TPSA) is 58.2 Å². The SMILES string of the molecule is CC(=O)c1ccc(NCC(=O)Nc2ccc(C)c(C)c2)cc1. The van der Waals surface area contributed by atoms with Gasteiger partial charge in [0, 0.05) is 16.9 Å². The van der Waals surface area contributed by atoms with E-state index in [1.165, 1.54) is 12.5 Å². The molecule has 0 fully saturated rings. The summed E-state index contributed by atoms with van der Waals surface area (Å²) >= 11 is 0. The smallest absolute Gasteiger partial charge is 0.243 e. The molecule has 0 aliphatic carbocycles. The number of hydrogen-bond acceptors (Lipinski definition) is 3. The van der Waals surface area contributed by atoms with Gasteiger partial charge in [0.25, 0.3) is 0 Å². The maximum absolute atomic E-state index is 11.9.